The SMILES string of the molecule is C=C[C@H]([C@H](C)O)[C@@H]1CCOC(C)(C)O1. The van der Waals surface area contributed by atoms with E-state index in [1.807, 2.05) is 13.8 Å². The molecule has 0 saturated carbocycles. The van der Waals surface area contributed by atoms with E-state index < -0.39 is 11.9 Å². The minimum absolute atomic E-state index is 0.0104. The van der Waals surface area contributed by atoms with Gasteiger partial charge in [0.25, 0.3) is 0 Å². The Bertz CT molecular complexity index is 199. The number of aliphatic hydroxyl groups excluding tert-OH is 1. The molecule has 0 aromatic carbocycles. The summed E-state index contributed by atoms with van der Waals surface area (Å²) in [6.45, 7) is 9.94. The predicted octanol–water partition coefficient (Wildman–Crippen LogP) is 1.71. The van der Waals surface area contributed by atoms with Crippen LogP contribution in [0, 0.1) is 5.92 Å². The molecule has 1 aliphatic heterocycles. The third-order valence-electron chi connectivity index (χ3n) is 2.55. The lowest BCUT2D eigenvalue weighted by atomic mass is 9.94. The highest BCUT2D eigenvalue weighted by Gasteiger charge is 2.34. The summed E-state index contributed by atoms with van der Waals surface area (Å²) in [5.41, 5.74) is 0. The fraction of sp³-hybridized carbons (Fsp3) is 0.818. The first kappa shape index (κ1) is 11.7. The molecule has 1 saturated heterocycles. The summed E-state index contributed by atoms with van der Waals surface area (Å²) in [5.74, 6) is -0.558. The molecule has 1 rings (SSSR count). The molecule has 82 valence electrons. The van der Waals surface area contributed by atoms with Crippen LogP contribution < -0.4 is 0 Å². The lowest BCUT2D eigenvalue weighted by Crippen LogP contribution is -2.44. The topological polar surface area (TPSA) is 38.7 Å². The maximum atomic E-state index is 9.54. The van der Waals surface area contributed by atoms with Crippen molar-refractivity contribution in [3.05, 3.63) is 12.7 Å². The average Bonchev–Trinajstić information content (AvgIpc) is 2.02. The molecule has 14 heavy (non-hydrogen) atoms. The van der Waals surface area contributed by atoms with E-state index in [4.69, 9.17) is 9.47 Å². The van der Waals surface area contributed by atoms with Gasteiger partial charge in [0.2, 0.25) is 0 Å². The molecule has 1 aliphatic rings. The molecule has 3 nitrogen and oxygen atoms in total. The molecular weight excluding hydrogens is 180 g/mol. The largest absolute Gasteiger partial charge is 0.393 e. The van der Waals surface area contributed by atoms with E-state index in [0.29, 0.717) is 6.61 Å². The predicted molar refractivity (Wildman–Crippen MR) is 54.9 cm³/mol. The van der Waals surface area contributed by atoms with Gasteiger partial charge >= 0.3 is 0 Å². The third-order valence-corrected chi connectivity index (χ3v) is 2.55. The fourth-order valence-corrected chi connectivity index (χ4v) is 1.81. The van der Waals surface area contributed by atoms with E-state index in [2.05, 4.69) is 6.58 Å². The lowest BCUT2D eigenvalue weighted by Gasteiger charge is -2.39. The van der Waals surface area contributed by atoms with Gasteiger partial charge in [0.05, 0.1) is 18.8 Å². The van der Waals surface area contributed by atoms with Crippen molar-refractivity contribution in [2.45, 2.75) is 45.2 Å². The van der Waals surface area contributed by atoms with Crippen LogP contribution in [0.5, 0.6) is 0 Å². The molecule has 1 heterocycles. The van der Waals surface area contributed by atoms with Gasteiger partial charge in [0, 0.05) is 5.92 Å². The van der Waals surface area contributed by atoms with E-state index in [0.717, 1.165) is 6.42 Å². The van der Waals surface area contributed by atoms with Gasteiger partial charge in [-0.05, 0) is 27.2 Å². The van der Waals surface area contributed by atoms with Crippen molar-refractivity contribution in [2.75, 3.05) is 6.61 Å². The molecule has 0 spiro atoms. The first-order chi connectivity index (χ1) is 6.46. The summed E-state index contributed by atoms with van der Waals surface area (Å²) < 4.78 is 11.2. The second kappa shape index (κ2) is 4.43. The fourth-order valence-electron chi connectivity index (χ4n) is 1.81. The molecule has 3 heteroatoms. The number of ether oxygens (including phenoxy) is 2. The highest BCUT2D eigenvalue weighted by molar-refractivity contribution is 4.90. The van der Waals surface area contributed by atoms with Crippen LogP contribution in [0.4, 0.5) is 0 Å². The van der Waals surface area contributed by atoms with Gasteiger partial charge in [-0.2, -0.15) is 0 Å². The van der Waals surface area contributed by atoms with Crippen molar-refractivity contribution in [3.8, 4) is 0 Å². The highest BCUT2D eigenvalue weighted by Crippen LogP contribution is 2.28. The summed E-state index contributed by atoms with van der Waals surface area (Å²) in [4.78, 5) is 0. The molecule has 0 aromatic heterocycles. The monoisotopic (exact) mass is 200 g/mol. The first-order valence-electron chi connectivity index (χ1n) is 5.08. The van der Waals surface area contributed by atoms with Gasteiger partial charge in [-0.3, -0.25) is 0 Å². The highest BCUT2D eigenvalue weighted by atomic mass is 16.7. The normalized spacial score (nSPS) is 30.7. The zero-order chi connectivity index (χ0) is 10.8. The smallest absolute Gasteiger partial charge is 0.163 e. The molecule has 0 aliphatic carbocycles. The molecule has 0 aromatic rings. The van der Waals surface area contributed by atoms with Crippen LogP contribution in [0.15, 0.2) is 12.7 Å². The molecule has 3 atom stereocenters. The Labute approximate surface area is 85.7 Å². The lowest BCUT2D eigenvalue weighted by molar-refractivity contribution is -0.283. The third kappa shape index (κ3) is 2.80. The number of rotatable bonds is 3. The molecule has 0 bridgehead atoms. The number of hydrogen-bond donors (Lipinski definition) is 1. The van der Waals surface area contributed by atoms with Gasteiger partial charge < -0.3 is 14.6 Å². The second-order valence-corrected chi connectivity index (χ2v) is 4.25. The summed E-state index contributed by atoms with van der Waals surface area (Å²) in [7, 11) is 0. The Balaban J connectivity index is 2.62. The average molecular weight is 200 g/mol. The molecule has 0 unspecified atom stereocenters. The van der Waals surface area contributed by atoms with Crippen LogP contribution in [-0.2, 0) is 9.47 Å². The first-order valence-corrected chi connectivity index (χ1v) is 5.08. The zero-order valence-corrected chi connectivity index (χ0v) is 9.19. The summed E-state index contributed by atoms with van der Waals surface area (Å²) in [6.07, 6.45) is 2.16. The van der Waals surface area contributed by atoms with Crippen molar-refractivity contribution < 1.29 is 14.6 Å². The molecule has 0 amide bonds. The Kier molecular flexibility index (Phi) is 3.70. The molecule has 1 fully saturated rings. The van der Waals surface area contributed by atoms with Gasteiger partial charge in [-0.25, -0.2) is 0 Å². The van der Waals surface area contributed by atoms with E-state index in [1.54, 1.807) is 13.0 Å². The van der Waals surface area contributed by atoms with E-state index >= 15 is 0 Å². The Morgan fingerprint density at radius 1 is 1.57 bits per heavy atom. The zero-order valence-electron chi connectivity index (χ0n) is 9.19. The quantitative estimate of drug-likeness (QED) is 0.705. The van der Waals surface area contributed by atoms with Crippen molar-refractivity contribution >= 4 is 0 Å². The standard InChI is InChI=1S/C11H20O3/c1-5-9(8(2)12)10-6-7-13-11(3,4)14-10/h5,8-10,12H,1,6-7H2,2-4H3/t8-,9+,10-/m0/s1. The number of aliphatic hydroxyl groups is 1. The summed E-state index contributed by atoms with van der Waals surface area (Å²) in [5, 5.41) is 9.54. The Hall–Kier alpha value is -0.380. The minimum atomic E-state index is -0.543. The maximum absolute atomic E-state index is 9.54. The van der Waals surface area contributed by atoms with Crippen molar-refractivity contribution in [1.29, 1.82) is 0 Å². The Morgan fingerprint density at radius 2 is 2.21 bits per heavy atom. The Morgan fingerprint density at radius 3 is 2.64 bits per heavy atom. The second-order valence-electron chi connectivity index (χ2n) is 4.25. The van der Waals surface area contributed by atoms with Crippen LogP contribution in [0.2, 0.25) is 0 Å². The van der Waals surface area contributed by atoms with Crippen molar-refractivity contribution in [3.63, 3.8) is 0 Å². The molecule has 1 N–H and O–H groups in total. The van der Waals surface area contributed by atoms with Gasteiger partial charge in [0.15, 0.2) is 5.79 Å². The van der Waals surface area contributed by atoms with Gasteiger partial charge in [-0.1, -0.05) is 6.08 Å². The number of hydrogen-bond acceptors (Lipinski definition) is 3. The van der Waals surface area contributed by atoms with Crippen LogP contribution in [-0.4, -0.2) is 29.7 Å². The van der Waals surface area contributed by atoms with Crippen LogP contribution >= 0.6 is 0 Å². The van der Waals surface area contributed by atoms with Crippen LogP contribution in [0.1, 0.15) is 27.2 Å². The molecule has 0 radical (unpaired) electrons. The van der Waals surface area contributed by atoms with Crippen LogP contribution in [0.25, 0.3) is 0 Å². The van der Waals surface area contributed by atoms with Gasteiger partial charge in [0.1, 0.15) is 0 Å². The van der Waals surface area contributed by atoms with Gasteiger partial charge in [-0.15, -0.1) is 6.58 Å². The van der Waals surface area contributed by atoms with Crippen molar-refractivity contribution in [1.82, 2.24) is 0 Å². The maximum Gasteiger partial charge on any atom is 0.163 e. The van der Waals surface area contributed by atoms with E-state index in [1.165, 1.54) is 0 Å². The van der Waals surface area contributed by atoms with Crippen molar-refractivity contribution in [2.24, 2.45) is 5.92 Å². The minimum Gasteiger partial charge on any atom is -0.393 e. The summed E-state index contributed by atoms with van der Waals surface area (Å²) >= 11 is 0. The van der Waals surface area contributed by atoms with E-state index in [-0.39, 0.29) is 12.0 Å². The van der Waals surface area contributed by atoms with E-state index in [9.17, 15) is 5.11 Å². The molecular formula is C11H20O3. The summed E-state index contributed by atoms with van der Waals surface area (Å²) in [6, 6.07) is 0. The van der Waals surface area contributed by atoms with Crippen LogP contribution in [0.3, 0.4) is 0 Å².